The molecule has 2 spiro atoms. The maximum Gasteiger partial charge on any atom is 0.179 e. The quantitative estimate of drug-likeness (QED) is 0.139. The van der Waals surface area contributed by atoms with Crippen molar-refractivity contribution in [2.24, 2.45) is 0 Å². The first-order valence-electron chi connectivity index (χ1n) is 33.6. The van der Waals surface area contributed by atoms with Crippen molar-refractivity contribution in [1.82, 2.24) is 39.9 Å². The molecule has 0 unspecified atom stereocenters. The summed E-state index contributed by atoms with van der Waals surface area (Å²) < 4.78 is 0. The fourth-order valence-corrected chi connectivity index (χ4v) is 19.9. The molecule has 0 radical (unpaired) electrons. The van der Waals surface area contributed by atoms with Crippen molar-refractivity contribution in [3.8, 4) is 98.7 Å². The van der Waals surface area contributed by atoms with Gasteiger partial charge >= 0.3 is 0 Å². The van der Waals surface area contributed by atoms with Crippen LogP contribution in [0.4, 0.5) is 34.4 Å². The summed E-state index contributed by atoms with van der Waals surface area (Å²) in [5.41, 5.74) is 25.0. The Morgan fingerprint density at radius 2 is 0.618 bits per heavy atom. The molecule has 21 rings (SSSR count). The van der Waals surface area contributed by atoms with Crippen LogP contribution in [-0.2, 0) is 10.8 Å². The maximum absolute atomic E-state index is 5.15. The van der Waals surface area contributed by atoms with E-state index in [0.29, 0.717) is 11.6 Å². The number of thiophene rings is 4. The van der Waals surface area contributed by atoms with Crippen LogP contribution < -0.4 is 9.80 Å². The summed E-state index contributed by atoms with van der Waals surface area (Å²) in [5, 5.41) is 8.93. The number of para-hydroxylation sites is 2. The summed E-state index contributed by atoms with van der Waals surface area (Å²) in [6.45, 7) is 0. The van der Waals surface area contributed by atoms with Crippen molar-refractivity contribution >= 4 is 79.7 Å². The topological polar surface area (TPSA) is 110 Å². The summed E-state index contributed by atoms with van der Waals surface area (Å²) in [4.78, 5) is 49.6. The van der Waals surface area contributed by atoms with Crippen molar-refractivity contribution < 1.29 is 0 Å². The lowest BCUT2D eigenvalue weighted by Gasteiger charge is -2.43. The van der Waals surface area contributed by atoms with Crippen molar-refractivity contribution in [1.29, 1.82) is 0 Å². The molecule has 2 aliphatic carbocycles. The smallest absolute Gasteiger partial charge is 0.179 e. The molecule has 0 bridgehead atoms. The summed E-state index contributed by atoms with van der Waals surface area (Å²) >= 11 is 7.33. The van der Waals surface area contributed by atoms with Crippen molar-refractivity contribution in [2.75, 3.05) is 9.80 Å². The number of nitrogens with zero attached hydrogens (tertiary/aromatic N) is 10. The van der Waals surface area contributed by atoms with Crippen molar-refractivity contribution in [2.45, 2.75) is 10.8 Å². The minimum Gasteiger partial charge on any atom is -0.294 e. The minimum atomic E-state index is -0.423. The Bertz CT molecular complexity index is 5810. The van der Waals surface area contributed by atoms with E-state index in [1.165, 1.54) is 64.0 Å². The van der Waals surface area contributed by atoms with Gasteiger partial charge in [0.15, 0.2) is 11.6 Å². The Kier molecular flexibility index (Phi) is 14.2. The SMILES string of the molecule is c1ccc(-c2cc(-c3ccc(N4c5ccccc5C5(c6cccnc64)c4ccsc4-c4sccc45)cc3)nc(-c3ccc(-c4ccccn4)cc3)n2)cc1.c1ccc(-c2cc(-c3cccc(N4c5ccccc5C5(c6cccnc64)c4ccsc4-c4sccc45)c3)nc(-c3ccccn3)n2)cc1. The van der Waals surface area contributed by atoms with Gasteiger partial charge in [-0.25, -0.2) is 29.9 Å². The predicted octanol–water partition coefficient (Wildman–Crippen LogP) is 22.7. The van der Waals surface area contributed by atoms with E-state index in [9.17, 15) is 0 Å². The van der Waals surface area contributed by atoms with Gasteiger partial charge in [-0.2, -0.15) is 0 Å². The molecular formula is C88H54N10S4. The van der Waals surface area contributed by atoms with Gasteiger partial charge in [0.2, 0.25) is 0 Å². The number of aromatic nitrogens is 8. The molecule has 0 atom stereocenters. The van der Waals surface area contributed by atoms with Crippen LogP contribution in [0.15, 0.2) is 325 Å². The highest BCUT2D eigenvalue weighted by atomic mass is 32.1. The van der Waals surface area contributed by atoms with Gasteiger partial charge in [0.1, 0.15) is 17.3 Å². The second-order valence-corrected chi connectivity index (χ2v) is 29.0. The lowest BCUT2D eigenvalue weighted by Crippen LogP contribution is -2.36. The highest BCUT2D eigenvalue weighted by molar-refractivity contribution is 7.21. The van der Waals surface area contributed by atoms with E-state index in [0.717, 1.165) is 102 Å². The Morgan fingerprint density at radius 1 is 0.235 bits per heavy atom. The lowest BCUT2D eigenvalue weighted by molar-refractivity contribution is 0.748. The molecule has 14 heteroatoms. The molecular weight excluding hydrogens is 1330 g/mol. The van der Waals surface area contributed by atoms with E-state index in [1.54, 1.807) is 6.20 Å². The Labute approximate surface area is 604 Å². The molecule has 0 saturated carbocycles. The first kappa shape index (κ1) is 59.7. The van der Waals surface area contributed by atoms with Crippen LogP contribution in [0.1, 0.15) is 44.5 Å². The lowest BCUT2D eigenvalue weighted by atomic mass is 9.66. The molecule has 10 nitrogen and oxygen atoms in total. The van der Waals surface area contributed by atoms with Crippen molar-refractivity contribution in [3.63, 3.8) is 0 Å². The highest BCUT2D eigenvalue weighted by Gasteiger charge is 2.55. The highest BCUT2D eigenvalue weighted by Crippen LogP contribution is 2.67. The summed E-state index contributed by atoms with van der Waals surface area (Å²) in [6, 6.07) is 97.7. The first-order chi connectivity index (χ1) is 50.6. The zero-order chi connectivity index (χ0) is 67.3. The van der Waals surface area contributed by atoms with Gasteiger partial charge in [-0.15, -0.1) is 45.3 Å². The van der Waals surface area contributed by atoms with E-state index in [4.69, 9.17) is 29.9 Å². The van der Waals surface area contributed by atoms with Crippen LogP contribution in [0.3, 0.4) is 0 Å². The molecule has 4 aliphatic rings. The van der Waals surface area contributed by atoms with Gasteiger partial charge in [-0.1, -0.05) is 170 Å². The van der Waals surface area contributed by atoms with E-state index >= 15 is 0 Å². The van der Waals surface area contributed by atoms with Gasteiger partial charge in [0, 0.05) is 100 Å². The van der Waals surface area contributed by atoms with Crippen molar-refractivity contribution in [3.05, 3.63) is 370 Å². The zero-order valence-corrected chi connectivity index (χ0v) is 57.5. The third-order valence-corrected chi connectivity index (χ3v) is 24.0. The van der Waals surface area contributed by atoms with Gasteiger partial charge < -0.3 is 0 Å². The second kappa shape index (κ2) is 24.3. The molecule has 10 aromatic heterocycles. The summed E-state index contributed by atoms with van der Waals surface area (Å²) in [5.74, 6) is 3.15. The molecule has 0 fully saturated rings. The Hall–Kier alpha value is -12.3. The fourth-order valence-electron chi connectivity index (χ4n) is 15.7. The third-order valence-electron chi connectivity index (χ3n) is 20.0. The Balaban J connectivity index is 0.000000138. The molecule has 7 aromatic carbocycles. The van der Waals surface area contributed by atoms with Gasteiger partial charge in [-0.3, -0.25) is 19.8 Å². The molecule has 0 amide bonds. The van der Waals surface area contributed by atoms with E-state index in [1.807, 2.05) is 137 Å². The van der Waals surface area contributed by atoms with E-state index in [-0.39, 0.29) is 0 Å². The molecule has 12 heterocycles. The van der Waals surface area contributed by atoms with Crippen LogP contribution in [0.25, 0.3) is 98.7 Å². The fraction of sp³-hybridized carbons (Fsp3) is 0.0227. The number of fused-ring (bicyclic) bond motifs is 18. The van der Waals surface area contributed by atoms with E-state index in [2.05, 4.69) is 248 Å². The van der Waals surface area contributed by atoms with E-state index < -0.39 is 10.8 Å². The summed E-state index contributed by atoms with van der Waals surface area (Å²) in [6.07, 6.45) is 7.42. The number of hydrogen-bond donors (Lipinski definition) is 0. The van der Waals surface area contributed by atoms with Gasteiger partial charge in [0.25, 0.3) is 0 Å². The average Bonchev–Trinajstić information content (AvgIpc) is 1.49. The number of hydrogen-bond acceptors (Lipinski definition) is 14. The van der Waals surface area contributed by atoms with Crippen LogP contribution in [0, 0.1) is 0 Å². The molecule has 480 valence electrons. The zero-order valence-electron chi connectivity index (χ0n) is 54.3. The average molecular weight is 1380 g/mol. The van der Waals surface area contributed by atoms with Crippen LogP contribution in [0.2, 0.25) is 0 Å². The minimum absolute atomic E-state index is 0.414. The maximum atomic E-state index is 5.15. The summed E-state index contributed by atoms with van der Waals surface area (Å²) in [7, 11) is 0. The van der Waals surface area contributed by atoms with Gasteiger partial charge in [0.05, 0.1) is 50.7 Å². The second-order valence-electron chi connectivity index (χ2n) is 25.4. The third kappa shape index (κ3) is 9.34. The number of pyridine rings is 4. The number of anilines is 6. The monoisotopic (exact) mass is 1380 g/mol. The molecule has 17 aromatic rings. The predicted molar refractivity (Wildman–Crippen MR) is 416 cm³/mol. The van der Waals surface area contributed by atoms with Gasteiger partial charge in [-0.05, 0) is 164 Å². The largest absolute Gasteiger partial charge is 0.294 e. The molecule has 102 heavy (non-hydrogen) atoms. The number of benzene rings is 7. The molecule has 0 N–H and O–H groups in total. The molecule has 2 aliphatic heterocycles. The molecule has 0 saturated heterocycles. The van der Waals surface area contributed by atoms with Crippen LogP contribution in [0.5, 0.6) is 0 Å². The normalized spacial score (nSPS) is 13.4. The first-order valence-corrected chi connectivity index (χ1v) is 37.2. The van der Waals surface area contributed by atoms with Crippen LogP contribution >= 0.6 is 45.3 Å². The Morgan fingerprint density at radius 3 is 1.12 bits per heavy atom. The van der Waals surface area contributed by atoms with Crippen LogP contribution in [-0.4, -0.2) is 39.9 Å². The number of rotatable bonds is 9. The standard InChI is InChI=1S/C47H29N5S2.C41H25N5S2/c1-2-9-30(10-3-1)40-29-41(51-45(50-40)33-17-15-31(16-18-33)39-13-6-7-25-48-39)32-19-21-34(22-20-32)52-42-14-5-4-11-35(42)47(38-12-8-26-49-46(38)52)36-23-27-53-43(36)44-37(47)24-28-54-44;1-2-10-26(11-3-1)34-25-35(45-39(44-34)33-16-6-7-20-42-33)27-12-8-13-28(24-27)46-36-17-5-4-14-29(36)41(32-15-9-21-43-40(32)46)30-18-22-47-37(30)38-31(41)19-23-48-38/h1-29H;1-25H.